The zero-order valence-electron chi connectivity index (χ0n) is 24.6. The molecule has 2 fully saturated rings. The molecular formula is C28H30N6O8S4. The summed E-state index contributed by atoms with van der Waals surface area (Å²) in [7, 11) is -7.82. The van der Waals surface area contributed by atoms with Crippen LogP contribution < -0.4 is 18.1 Å². The summed E-state index contributed by atoms with van der Waals surface area (Å²) in [6.07, 6.45) is 4.82. The van der Waals surface area contributed by atoms with Crippen molar-refractivity contribution in [3.63, 3.8) is 0 Å². The largest absolute Gasteiger partial charge is 0.506 e. The summed E-state index contributed by atoms with van der Waals surface area (Å²) in [5, 5.41) is 21.3. The summed E-state index contributed by atoms with van der Waals surface area (Å²) in [6.45, 7) is 3.29. The number of aromatic nitrogens is 2. The van der Waals surface area contributed by atoms with Gasteiger partial charge >= 0.3 is 20.4 Å². The Morgan fingerprint density at radius 1 is 0.804 bits per heavy atom. The van der Waals surface area contributed by atoms with Crippen molar-refractivity contribution in [1.82, 2.24) is 19.4 Å². The summed E-state index contributed by atoms with van der Waals surface area (Å²) in [4.78, 5) is 33.3. The SMILES string of the molecule is Cc1nc(C)c(CCc2ccc(N3CC(=O)NS3(=O)=O)c(O)c2)s1.O=C1CN(c2ccc(CCc3cncs3)cc2O)S(=O)(=O)N1. The number of amides is 2. The molecule has 46 heavy (non-hydrogen) atoms. The van der Waals surface area contributed by atoms with E-state index >= 15 is 0 Å². The van der Waals surface area contributed by atoms with Gasteiger partial charge in [0.15, 0.2) is 0 Å². The molecule has 0 radical (unpaired) electrons. The lowest BCUT2D eigenvalue weighted by atomic mass is 10.1. The first kappa shape index (κ1) is 33.1. The predicted octanol–water partition coefficient (Wildman–Crippen LogP) is 2.25. The molecule has 0 spiro atoms. The summed E-state index contributed by atoms with van der Waals surface area (Å²) < 4.78 is 52.7. The molecule has 4 N–H and O–H groups in total. The molecule has 4 heterocycles. The molecule has 2 saturated heterocycles. The fourth-order valence-electron chi connectivity index (χ4n) is 4.89. The highest BCUT2D eigenvalue weighted by molar-refractivity contribution is 7.92. The Labute approximate surface area is 273 Å². The highest BCUT2D eigenvalue weighted by Crippen LogP contribution is 2.33. The standard InChI is InChI=1S/C15H17N3O4S2.C13H13N3O4S2/c1-9-14(23-10(2)16-9)6-4-11-3-5-12(13(19)7-11)18-8-15(20)17-24(18,21)22;17-12-5-9(1-3-10-6-14-8-21-10)2-4-11(12)16-7-13(18)15-22(16,19)20/h3,5,7,19H,4,6,8H2,1-2H3,(H,17,20);2,4-6,8,17H,1,3,7H2,(H,15,18). The van der Waals surface area contributed by atoms with Gasteiger partial charge in [-0.1, -0.05) is 12.1 Å². The molecule has 2 amide bonds. The number of hydrogen-bond donors (Lipinski definition) is 4. The van der Waals surface area contributed by atoms with Crippen LogP contribution in [0.1, 0.15) is 31.6 Å². The van der Waals surface area contributed by atoms with E-state index in [-0.39, 0.29) is 36.0 Å². The third kappa shape index (κ3) is 7.57. The van der Waals surface area contributed by atoms with Crippen LogP contribution in [0.4, 0.5) is 11.4 Å². The number of phenolic OH excluding ortho intramolecular Hbond substituents is 2. The second-order valence-electron chi connectivity index (χ2n) is 10.4. The van der Waals surface area contributed by atoms with Crippen LogP contribution in [0.3, 0.4) is 0 Å². The molecule has 0 bridgehead atoms. The summed E-state index contributed by atoms with van der Waals surface area (Å²) in [5.74, 6) is -1.56. The second kappa shape index (κ2) is 13.2. The van der Waals surface area contributed by atoms with Crippen LogP contribution in [0.25, 0.3) is 0 Å². The lowest BCUT2D eigenvalue weighted by Gasteiger charge is -2.16. The highest BCUT2D eigenvalue weighted by atomic mass is 32.2. The van der Waals surface area contributed by atoms with E-state index in [1.807, 2.05) is 23.3 Å². The van der Waals surface area contributed by atoms with Gasteiger partial charge in [0, 0.05) is 16.0 Å². The molecule has 244 valence electrons. The number of anilines is 2. The molecule has 2 aromatic heterocycles. The van der Waals surface area contributed by atoms with Crippen LogP contribution in [-0.4, -0.2) is 61.9 Å². The molecule has 4 aromatic rings. The smallest absolute Gasteiger partial charge is 0.326 e. The molecule has 0 aliphatic carbocycles. The van der Waals surface area contributed by atoms with Gasteiger partial charge in [-0.15, -0.1) is 22.7 Å². The van der Waals surface area contributed by atoms with Crippen LogP contribution >= 0.6 is 22.7 Å². The van der Waals surface area contributed by atoms with Crippen LogP contribution in [0.15, 0.2) is 48.1 Å². The number of carbonyl (C=O) groups is 2. The van der Waals surface area contributed by atoms with Crippen molar-refractivity contribution in [1.29, 1.82) is 0 Å². The lowest BCUT2D eigenvalue weighted by molar-refractivity contribution is -0.118. The molecule has 2 aliphatic heterocycles. The van der Waals surface area contributed by atoms with Gasteiger partial charge in [0.25, 0.3) is 11.8 Å². The molecule has 0 unspecified atom stereocenters. The van der Waals surface area contributed by atoms with E-state index in [1.54, 1.807) is 46.5 Å². The molecule has 18 heteroatoms. The summed E-state index contributed by atoms with van der Waals surface area (Å²) >= 11 is 3.22. The maximum Gasteiger partial charge on any atom is 0.326 e. The van der Waals surface area contributed by atoms with E-state index < -0.39 is 32.2 Å². The normalized spacial score (nSPS) is 16.6. The summed E-state index contributed by atoms with van der Waals surface area (Å²) in [5.41, 5.74) is 4.74. The third-order valence-electron chi connectivity index (χ3n) is 7.04. The summed E-state index contributed by atoms with van der Waals surface area (Å²) in [6, 6.07) is 9.60. The van der Waals surface area contributed by atoms with E-state index in [0.717, 1.165) is 48.2 Å². The number of aryl methyl sites for hydroxylation is 6. The topological polar surface area (TPSA) is 199 Å². The van der Waals surface area contributed by atoms with Crippen molar-refractivity contribution in [2.75, 3.05) is 21.7 Å². The monoisotopic (exact) mass is 706 g/mol. The Kier molecular flexibility index (Phi) is 9.52. The van der Waals surface area contributed by atoms with Crippen LogP contribution in [0.5, 0.6) is 11.5 Å². The van der Waals surface area contributed by atoms with Crippen molar-refractivity contribution in [3.8, 4) is 11.5 Å². The molecule has 2 aromatic carbocycles. The molecule has 14 nitrogen and oxygen atoms in total. The fourth-order valence-corrected chi connectivity index (χ4v) is 8.75. The minimum atomic E-state index is -3.92. The van der Waals surface area contributed by atoms with Gasteiger partial charge in [0.2, 0.25) is 0 Å². The van der Waals surface area contributed by atoms with Crippen molar-refractivity contribution >= 4 is 66.3 Å². The Balaban J connectivity index is 0.000000182. The first-order valence-electron chi connectivity index (χ1n) is 13.8. The Bertz CT molecular complexity index is 2000. The Morgan fingerprint density at radius 3 is 1.72 bits per heavy atom. The van der Waals surface area contributed by atoms with E-state index in [1.165, 1.54) is 29.1 Å². The number of benzene rings is 2. The molecule has 6 rings (SSSR count). The minimum absolute atomic E-state index is 0.0971. The number of hydrogen-bond acceptors (Lipinski definition) is 12. The van der Waals surface area contributed by atoms with Gasteiger partial charge in [-0.2, -0.15) is 16.8 Å². The maximum absolute atomic E-state index is 11.8. The molecular weight excluding hydrogens is 677 g/mol. The van der Waals surface area contributed by atoms with Crippen LogP contribution in [0.2, 0.25) is 0 Å². The minimum Gasteiger partial charge on any atom is -0.506 e. The first-order chi connectivity index (χ1) is 21.7. The Hall–Kier alpha value is -4.26. The van der Waals surface area contributed by atoms with Gasteiger partial charge in [0.05, 0.1) is 27.6 Å². The van der Waals surface area contributed by atoms with Crippen molar-refractivity contribution in [2.45, 2.75) is 39.5 Å². The van der Waals surface area contributed by atoms with Gasteiger partial charge in [-0.05, 0) is 74.9 Å². The quantitative estimate of drug-likeness (QED) is 0.211. The molecule has 0 atom stereocenters. The zero-order chi connectivity index (χ0) is 33.2. The van der Waals surface area contributed by atoms with Gasteiger partial charge < -0.3 is 10.2 Å². The van der Waals surface area contributed by atoms with E-state index in [2.05, 4.69) is 9.97 Å². The van der Waals surface area contributed by atoms with Crippen molar-refractivity contribution in [2.24, 2.45) is 0 Å². The van der Waals surface area contributed by atoms with Gasteiger partial charge in [0.1, 0.15) is 24.6 Å². The van der Waals surface area contributed by atoms with Crippen LogP contribution in [0, 0.1) is 13.8 Å². The van der Waals surface area contributed by atoms with E-state index in [0.29, 0.717) is 12.8 Å². The lowest BCUT2D eigenvalue weighted by Crippen LogP contribution is -2.29. The van der Waals surface area contributed by atoms with Crippen LogP contribution in [-0.2, 0) is 55.7 Å². The van der Waals surface area contributed by atoms with Crippen molar-refractivity contribution in [3.05, 3.63) is 79.7 Å². The number of aromatic hydroxyl groups is 2. The number of thiazole rings is 2. The maximum atomic E-state index is 11.8. The molecule has 2 aliphatic rings. The number of phenols is 2. The number of carbonyl (C=O) groups excluding carboxylic acids is 2. The first-order valence-corrected chi connectivity index (χ1v) is 18.4. The average Bonchev–Trinajstić information content (AvgIpc) is 3.73. The van der Waals surface area contributed by atoms with E-state index in [9.17, 15) is 36.6 Å². The number of nitrogens with zero attached hydrogens (tertiary/aromatic N) is 4. The second-order valence-corrected chi connectivity index (χ2v) is 15.9. The number of rotatable bonds is 8. The van der Waals surface area contributed by atoms with Crippen molar-refractivity contribution < 1.29 is 36.6 Å². The van der Waals surface area contributed by atoms with Gasteiger partial charge in [-0.25, -0.2) is 23.0 Å². The average molecular weight is 707 g/mol. The Morgan fingerprint density at radius 2 is 1.33 bits per heavy atom. The third-order valence-corrected chi connectivity index (χ3v) is 11.8. The van der Waals surface area contributed by atoms with E-state index in [4.69, 9.17) is 0 Å². The molecule has 0 saturated carbocycles. The predicted molar refractivity (Wildman–Crippen MR) is 174 cm³/mol. The number of nitrogens with one attached hydrogen (secondary N) is 2. The van der Waals surface area contributed by atoms with Gasteiger partial charge in [-0.3, -0.25) is 14.6 Å². The highest BCUT2D eigenvalue weighted by Gasteiger charge is 2.36. The fraction of sp³-hybridized carbons (Fsp3) is 0.286. The zero-order valence-corrected chi connectivity index (χ0v) is 27.9.